The first-order chi connectivity index (χ1) is 8.71. The predicted octanol–water partition coefficient (Wildman–Crippen LogP) is 4.45. The molecule has 0 amide bonds. The molecule has 0 aromatic heterocycles. The number of benzene rings is 1. The third-order valence-corrected chi connectivity index (χ3v) is 4.62. The molecule has 0 aliphatic carbocycles. The van der Waals surface area contributed by atoms with Gasteiger partial charge in [0, 0.05) is 16.6 Å². The zero-order valence-electron chi connectivity index (χ0n) is 12.5. The van der Waals surface area contributed by atoms with Gasteiger partial charge in [0.2, 0.25) is 0 Å². The van der Waals surface area contributed by atoms with Gasteiger partial charge in [0.25, 0.3) is 0 Å². The summed E-state index contributed by atoms with van der Waals surface area (Å²) in [5.41, 5.74) is 1.12. The molecule has 106 valence electrons. The van der Waals surface area contributed by atoms with Gasteiger partial charge in [0.15, 0.2) is 0 Å². The van der Waals surface area contributed by atoms with Gasteiger partial charge < -0.3 is 10.1 Å². The maximum absolute atomic E-state index is 6.14. The van der Waals surface area contributed by atoms with Crippen molar-refractivity contribution in [3.05, 3.63) is 34.3 Å². The lowest BCUT2D eigenvalue weighted by molar-refractivity contribution is -0.0703. The van der Waals surface area contributed by atoms with Crippen LogP contribution >= 0.6 is 15.9 Å². The van der Waals surface area contributed by atoms with Gasteiger partial charge in [0.1, 0.15) is 0 Å². The molecule has 0 radical (unpaired) electrons. The van der Waals surface area contributed by atoms with Gasteiger partial charge >= 0.3 is 0 Å². The van der Waals surface area contributed by atoms with Crippen LogP contribution in [-0.2, 0) is 4.74 Å². The second-order valence-electron chi connectivity index (χ2n) is 6.63. The summed E-state index contributed by atoms with van der Waals surface area (Å²) in [6.07, 6.45) is 1.04. The van der Waals surface area contributed by atoms with E-state index in [1.54, 1.807) is 0 Å². The topological polar surface area (TPSA) is 21.3 Å². The lowest BCUT2D eigenvalue weighted by Gasteiger charge is -2.30. The van der Waals surface area contributed by atoms with Gasteiger partial charge in [-0.25, -0.2) is 0 Å². The van der Waals surface area contributed by atoms with Crippen LogP contribution < -0.4 is 5.32 Å². The van der Waals surface area contributed by atoms with E-state index in [1.807, 2.05) is 6.07 Å². The Morgan fingerprint density at radius 1 is 1.26 bits per heavy atom. The molecule has 0 saturated carbocycles. The molecule has 0 bridgehead atoms. The van der Waals surface area contributed by atoms with E-state index >= 15 is 0 Å². The van der Waals surface area contributed by atoms with Crippen LogP contribution in [0.5, 0.6) is 0 Å². The third kappa shape index (κ3) is 3.39. The Morgan fingerprint density at radius 2 is 1.89 bits per heavy atom. The van der Waals surface area contributed by atoms with Crippen molar-refractivity contribution in [3.63, 3.8) is 0 Å². The number of hydrogen-bond donors (Lipinski definition) is 1. The van der Waals surface area contributed by atoms with Crippen molar-refractivity contribution < 1.29 is 4.74 Å². The zero-order chi connectivity index (χ0) is 14.3. The fourth-order valence-electron chi connectivity index (χ4n) is 3.04. The lowest BCUT2D eigenvalue weighted by Crippen LogP contribution is -2.44. The van der Waals surface area contributed by atoms with Crippen molar-refractivity contribution in [1.82, 2.24) is 5.32 Å². The molecule has 1 heterocycles. The van der Waals surface area contributed by atoms with Gasteiger partial charge in [-0.3, -0.25) is 0 Å². The minimum Gasteiger partial charge on any atom is -0.368 e. The normalized spacial score (nSPS) is 26.3. The van der Waals surface area contributed by atoms with Crippen LogP contribution in [-0.4, -0.2) is 17.2 Å². The van der Waals surface area contributed by atoms with Crippen LogP contribution in [0, 0.1) is 0 Å². The van der Waals surface area contributed by atoms with E-state index in [4.69, 9.17) is 4.74 Å². The Bertz CT molecular complexity index is 456. The van der Waals surface area contributed by atoms with Gasteiger partial charge in [0.05, 0.1) is 11.2 Å². The molecular formula is C16H24BrNO. The Kier molecular flexibility index (Phi) is 4.10. The highest BCUT2D eigenvalue weighted by molar-refractivity contribution is 9.10. The number of halogens is 1. The minimum atomic E-state index is -0.126. The number of ether oxygens (including phenoxy) is 1. The first-order valence-corrected chi connectivity index (χ1v) is 7.71. The average molecular weight is 326 g/mol. The standard InChI is InChI=1S/C16H24BrNO/c1-11(12-8-6-7-9-13(12)17)18-14-10-15(2,3)19-16(14,4)5/h6-9,11,14,18H,10H2,1-5H3. The fraction of sp³-hybridized carbons (Fsp3) is 0.625. The van der Waals surface area contributed by atoms with E-state index in [0.29, 0.717) is 12.1 Å². The van der Waals surface area contributed by atoms with E-state index < -0.39 is 0 Å². The van der Waals surface area contributed by atoms with Crippen molar-refractivity contribution in [2.75, 3.05) is 0 Å². The molecule has 1 aliphatic rings. The van der Waals surface area contributed by atoms with E-state index in [0.717, 1.165) is 10.9 Å². The highest BCUT2D eigenvalue weighted by Gasteiger charge is 2.46. The van der Waals surface area contributed by atoms with Crippen molar-refractivity contribution in [2.24, 2.45) is 0 Å². The molecule has 2 nitrogen and oxygen atoms in total. The SMILES string of the molecule is CC(NC1CC(C)(C)OC1(C)C)c1ccccc1Br. The molecule has 1 aromatic rings. The molecule has 3 heteroatoms. The van der Waals surface area contributed by atoms with Crippen molar-refractivity contribution in [1.29, 1.82) is 0 Å². The van der Waals surface area contributed by atoms with E-state index in [2.05, 4.69) is 74.1 Å². The summed E-state index contributed by atoms with van der Waals surface area (Å²) in [4.78, 5) is 0. The van der Waals surface area contributed by atoms with E-state index in [1.165, 1.54) is 5.56 Å². The third-order valence-electron chi connectivity index (χ3n) is 3.90. The maximum atomic E-state index is 6.14. The Morgan fingerprint density at radius 3 is 2.42 bits per heavy atom. The van der Waals surface area contributed by atoms with Gasteiger partial charge in [-0.15, -0.1) is 0 Å². The second kappa shape index (κ2) is 5.19. The average Bonchev–Trinajstić information content (AvgIpc) is 2.47. The molecule has 1 N–H and O–H groups in total. The number of hydrogen-bond acceptors (Lipinski definition) is 2. The Hall–Kier alpha value is -0.380. The van der Waals surface area contributed by atoms with E-state index in [9.17, 15) is 0 Å². The van der Waals surface area contributed by atoms with Crippen LogP contribution in [0.2, 0.25) is 0 Å². The molecule has 1 saturated heterocycles. The smallest absolute Gasteiger partial charge is 0.0787 e. The number of nitrogens with one attached hydrogen (secondary N) is 1. The Balaban J connectivity index is 2.12. The lowest BCUT2D eigenvalue weighted by atomic mass is 9.93. The summed E-state index contributed by atoms with van der Waals surface area (Å²) in [5, 5.41) is 3.73. The summed E-state index contributed by atoms with van der Waals surface area (Å²) < 4.78 is 7.30. The highest BCUT2D eigenvalue weighted by atomic mass is 79.9. The van der Waals surface area contributed by atoms with Crippen LogP contribution in [0.3, 0.4) is 0 Å². The monoisotopic (exact) mass is 325 g/mol. The second-order valence-corrected chi connectivity index (χ2v) is 7.49. The molecular weight excluding hydrogens is 302 g/mol. The predicted molar refractivity (Wildman–Crippen MR) is 83.3 cm³/mol. The summed E-state index contributed by atoms with van der Waals surface area (Å²) in [5.74, 6) is 0. The zero-order valence-corrected chi connectivity index (χ0v) is 14.0. The Labute approximate surface area is 125 Å². The largest absolute Gasteiger partial charge is 0.368 e. The molecule has 1 aliphatic heterocycles. The van der Waals surface area contributed by atoms with Crippen molar-refractivity contribution in [3.8, 4) is 0 Å². The first kappa shape index (κ1) is 15.0. The molecule has 2 unspecified atom stereocenters. The van der Waals surface area contributed by atoms with Crippen LogP contribution in [0.15, 0.2) is 28.7 Å². The number of rotatable bonds is 3. The van der Waals surface area contributed by atoms with Crippen LogP contribution in [0.25, 0.3) is 0 Å². The van der Waals surface area contributed by atoms with Gasteiger partial charge in [-0.2, -0.15) is 0 Å². The summed E-state index contributed by atoms with van der Waals surface area (Å²) in [7, 11) is 0. The molecule has 19 heavy (non-hydrogen) atoms. The molecule has 1 fully saturated rings. The maximum Gasteiger partial charge on any atom is 0.0787 e. The van der Waals surface area contributed by atoms with E-state index in [-0.39, 0.29) is 11.2 Å². The van der Waals surface area contributed by atoms with Crippen molar-refractivity contribution in [2.45, 2.75) is 64.3 Å². The molecule has 2 rings (SSSR count). The van der Waals surface area contributed by atoms with Crippen LogP contribution in [0.4, 0.5) is 0 Å². The van der Waals surface area contributed by atoms with Gasteiger partial charge in [-0.05, 0) is 52.7 Å². The quantitative estimate of drug-likeness (QED) is 0.886. The molecule has 0 spiro atoms. The minimum absolute atomic E-state index is 0.0468. The van der Waals surface area contributed by atoms with Crippen molar-refractivity contribution >= 4 is 15.9 Å². The molecule has 2 atom stereocenters. The van der Waals surface area contributed by atoms with Gasteiger partial charge in [-0.1, -0.05) is 34.1 Å². The van der Waals surface area contributed by atoms with Crippen LogP contribution in [0.1, 0.15) is 52.6 Å². The summed E-state index contributed by atoms with van der Waals surface area (Å²) in [6, 6.07) is 9.05. The summed E-state index contributed by atoms with van der Waals surface area (Å²) in [6.45, 7) is 10.9. The fourth-order valence-corrected chi connectivity index (χ4v) is 3.67. The molecule has 1 aromatic carbocycles. The summed E-state index contributed by atoms with van der Waals surface area (Å²) >= 11 is 3.63. The first-order valence-electron chi connectivity index (χ1n) is 6.92. The highest BCUT2D eigenvalue weighted by Crippen LogP contribution is 2.38.